The molecule has 0 saturated carbocycles. The lowest BCUT2D eigenvalue weighted by atomic mass is 10.2. The number of aromatic nitrogens is 2. The van der Waals surface area contributed by atoms with Crippen molar-refractivity contribution in [3.8, 4) is 5.75 Å². The fourth-order valence-corrected chi connectivity index (χ4v) is 2.70. The molecule has 0 bridgehead atoms. The summed E-state index contributed by atoms with van der Waals surface area (Å²) >= 11 is 0. The van der Waals surface area contributed by atoms with Crippen molar-refractivity contribution < 1.29 is 4.74 Å². The molecule has 2 heterocycles. The Labute approximate surface area is 152 Å². The molecule has 0 fully saturated rings. The molecule has 0 radical (unpaired) electrons. The Bertz CT molecular complexity index is 970. The number of hydrogen-bond donors (Lipinski definition) is 3. The van der Waals surface area contributed by atoms with Crippen LogP contribution in [0.2, 0.25) is 0 Å². The third-order valence-corrected chi connectivity index (χ3v) is 4.08. The zero-order valence-corrected chi connectivity index (χ0v) is 14.4. The third-order valence-electron chi connectivity index (χ3n) is 4.08. The maximum absolute atomic E-state index is 5.45. The van der Waals surface area contributed by atoms with Crippen molar-refractivity contribution in [2.45, 2.75) is 6.92 Å². The Morgan fingerprint density at radius 1 is 1.15 bits per heavy atom. The maximum atomic E-state index is 5.45. The van der Waals surface area contributed by atoms with E-state index in [-0.39, 0.29) is 0 Å². The Kier molecular flexibility index (Phi) is 4.15. The van der Waals surface area contributed by atoms with Gasteiger partial charge in [0.15, 0.2) is 6.73 Å². The minimum atomic E-state index is 0.503. The SMILES string of the molecule is C=Cc1cccc(Nc2ncc(C)c(Nc3ccc4c(c3)NCO4)n2)c1. The highest BCUT2D eigenvalue weighted by molar-refractivity contribution is 5.70. The molecular weight excluding hydrogens is 326 g/mol. The molecule has 0 unspecified atom stereocenters. The van der Waals surface area contributed by atoms with Crippen LogP contribution in [0, 0.1) is 6.92 Å². The molecule has 0 amide bonds. The van der Waals surface area contributed by atoms with Crippen LogP contribution in [0.5, 0.6) is 5.75 Å². The Morgan fingerprint density at radius 3 is 2.92 bits per heavy atom. The molecule has 3 aromatic rings. The van der Waals surface area contributed by atoms with Gasteiger partial charge in [0.05, 0.1) is 5.69 Å². The molecule has 2 aromatic carbocycles. The van der Waals surface area contributed by atoms with E-state index in [0.29, 0.717) is 12.7 Å². The van der Waals surface area contributed by atoms with Crippen LogP contribution in [0.15, 0.2) is 55.2 Å². The molecule has 130 valence electrons. The fourth-order valence-electron chi connectivity index (χ4n) is 2.70. The van der Waals surface area contributed by atoms with Gasteiger partial charge in [-0.15, -0.1) is 0 Å². The highest BCUT2D eigenvalue weighted by Crippen LogP contribution is 2.33. The number of rotatable bonds is 5. The molecule has 1 aliphatic rings. The highest BCUT2D eigenvalue weighted by atomic mass is 16.5. The van der Waals surface area contributed by atoms with Crippen LogP contribution in [-0.4, -0.2) is 16.7 Å². The second kappa shape index (κ2) is 6.76. The summed E-state index contributed by atoms with van der Waals surface area (Å²) < 4.78 is 5.45. The van der Waals surface area contributed by atoms with Crippen LogP contribution in [0.1, 0.15) is 11.1 Å². The summed E-state index contributed by atoms with van der Waals surface area (Å²) in [5.41, 5.74) is 4.81. The van der Waals surface area contributed by atoms with E-state index in [9.17, 15) is 0 Å². The van der Waals surface area contributed by atoms with Gasteiger partial charge in [-0.25, -0.2) is 4.98 Å². The average Bonchev–Trinajstić information content (AvgIpc) is 3.12. The van der Waals surface area contributed by atoms with Crippen LogP contribution < -0.4 is 20.7 Å². The summed E-state index contributed by atoms with van der Waals surface area (Å²) in [5.74, 6) is 2.14. The van der Waals surface area contributed by atoms with Crippen molar-refractivity contribution in [2.24, 2.45) is 0 Å². The molecule has 0 saturated heterocycles. The number of nitrogens with one attached hydrogen (secondary N) is 3. The predicted octanol–water partition coefficient (Wildman–Crippen LogP) is 4.68. The summed E-state index contributed by atoms with van der Waals surface area (Å²) in [4.78, 5) is 8.97. The van der Waals surface area contributed by atoms with Crippen LogP contribution in [-0.2, 0) is 0 Å². The molecule has 0 atom stereocenters. The first-order valence-corrected chi connectivity index (χ1v) is 8.32. The van der Waals surface area contributed by atoms with Gasteiger partial charge < -0.3 is 20.7 Å². The van der Waals surface area contributed by atoms with Crippen molar-refractivity contribution in [3.05, 3.63) is 66.4 Å². The normalized spacial score (nSPS) is 11.9. The summed E-state index contributed by atoms with van der Waals surface area (Å²) in [6.07, 6.45) is 3.60. The summed E-state index contributed by atoms with van der Waals surface area (Å²) in [5, 5.41) is 9.76. The molecule has 0 aliphatic carbocycles. The van der Waals surface area contributed by atoms with Crippen LogP contribution >= 0.6 is 0 Å². The van der Waals surface area contributed by atoms with Gasteiger partial charge in [0.2, 0.25) is 5.95 Å². The largest absolute Gasteiger partial charge is 0.471 e. The summed E-state index contributed by atoms with van der Waals surface area (Å²) in [7, 11) is 0. The first kappa shape index (κ1) is 16.0. The molecule has 1 aromatic heterocycles. The number of anilines is 5. The van der Waals surface area contributed by atoms with Gasteiger partial charge in [-0.3, -0.25) is 0 Å². The fraction of sp³-hybridized carbons (Fsp3) is 0.100. The van der Waals surface area contributed by atoms with E-state index in [1.807, 2.05) is 49.4 Å². The molecule has 6 heteroatoms. The highest BCUT2D eigenvalue weighted by Gasteiger charge is 2.12. The second-order valence-electron chi connectivity index (χ2n) is 5.98. The molecule has 1 aliphatic heterocycles. The topological polar surface area (TPSA) is 71.1 Å². The molecule has 26 heavy (non-hydrogen) atoms. The predicted molar refractivity (Wildman–Crippen MR) is 105 cm³/mol. The first-order valence-electron chi connectivity index (χ1n) is 8.32. The van der Waals surface area contributed by atoms with Crippen molar-refractivity contribution in [1.29, 1.82) is 0 Å². The molecule has 4 rings (SSSR count). The van der Waals surface area contributed by atoms with Gasteiger partial charge in [-0.05, 0) is 42.8 Å². The molecule has 3 N–H and O–H groups in total. The number of benzene rings is 2. The van der Waals surface area contributed by atoms with Crippen molar-refractivity contribution in [3.63, 3.8) is 0 Å². The molecule has 0 spiro atoms. The maximum Gasteiger partial charge on any atom is 0.229 e. The number of hydrogen-bond acceptors (Lipinski definition) is 6. The average molecular weight is 345 g/mol. The van der Waals surface area contributed by atoms with E-state index in [0.717, 1.165) is 39.8 Å². The number of ether oxygens (including phenoxy) is 1. The van der Waals surface area contributed by atoms with Crippen LogP contribution in [0.25, 0.3) is 6.08 Å². The Hall–Kier alpha value is -3.54. The van der Waals surface area contributed by atoms with Crippen molar-refractivity contribution in [1.82, 2.24) is 9.97 Å². The lowest BCUT2D eigenvalue weighted by Crippen LogP contribution is -2.03. The second-order valence-corrected chi connectivity index (χ2v) is 5.98. The minimum absolute atomic E-state index is 0.503. The lowest BCUT2D eigenvalue weighted by Gasteiger charge is -2.12. The molecule has 6 nitrogen and oxygen atoms in total. The Morgan fingerprint density at radius 2 is 2.04 bits per heavy atom. The van der Waals surface area contributed by atoms with E-state index in [1.165, 1.54) is 0 Å². The van der Waals surface area contributed by atoms with Gasteiger partial charge in [0, 0.05) is 23.1 Å². The molecular formula is C20H19N5O. The van der Waals surface area contributed by atoms with Gasteiger partial charge in [0.1, 0.15) is 11.6 Å². The first-order chi connectivity index (χ1) is 12.7. The zero-order valence-electron chi connectivity index (χ0n) is 14.4. The minimum Gasteiger partial charge on any atom is -0.471 e. The van der Waals surface area contributed by atoms with E-state index in [2.05, 4.69) is 32.5 Å². The summed E-state index contributed by atoms with van der Waals surface area (Å²) in [6.45, 7) is 6.27. The van der Waals surface area contributed by atoms with Gasteiger partial charge in [-0.1, -0.05) is 24.8 Å². The third kappa shape index (κ3) is 3.30. The van der Waals surface area contributed by atoms with E-state index in [4.69, 9.17) is 4.74 Å². The monoisotopic (exact) mass is 345 g/mol. The standard InChI is InChI=1S/C20H19N5O/c1-3-14-5-4-6-15(9-14)24-20-21-11-13(2)19(25-20)23-16-7-8-18-17(10-16)22-12-26-18/h3-11,22H,1,12H2,2H3,(H2,21,23,24,25). The number of nitrogens with zero attached hydrogens (tertiary/aromatic N) is 2. The van der Waals surface area contributed by atoms with Crippen LogP contribution in [0.4, 0.5) is 28.8 Å². The van der Waals surface area contributed by atoms with E-state index in [1.54, 1.807) is 12.3 Å². The van der Waals surface area contributed by atoms with E-state index < -0.39 is 0 Å². The van der Waals surface area contributed by atoms with Gasteiger partial charge in [-0.2, -0.15) is 4.98 Å². The quantitative estimate of drug-likeness (QED) is 0.624. The number of fused-ring (bicyclic) bond motifs is 1. The lowest BCUT2D eigenvalue weighted by molar-refractivity contribution is 0.372. The van der Waals surface area contributed by atoms with Gasteiger partial charge in [0.25, 0.3) is 0 Å². The number of aryl methyl sites for hydroxylation is 1. The smallest absolute Gasteiger partial charge is 0.229 e. The van der Waals surface area contributed by atoms with Gasteiger partial charge >= 0.3 is 0 Å². The van der Waals surface area contributed by atoms with E-state index >= 15 is 0 Å². The van der Waals surface area contributed by atoms with Crippen molar-refractivity contribution in [2.75, 3.05) is 22.7 Å². The summed E-state index contributed by atoms with van der Waals surface area (Å²) in [6, 6.07) is 13.8. The van der Waals surface area contributed by atoms with Crippen molar-refractivity contribution >= 4 is 34.9 Å². The zero-order chi connectivity index (χ0) is 17.9. The Balaban J connectivity index is 1.57. The van der Waals surface area contributed by atoms with Crippen LogP contribution in [0.3, 0.4) is 0 Å².